The summed E-state index contributed by atoms with van der Waals surface area (Å²) < 4.78 is 0.881. The number of hydrogen-bond donors (Lipinski definition) is 2. The van der Waals surface area contributed by atoms with Crippen molar-refractivity contribution in [3.63, 3.8) is 0 Å². The van der Waals surface area contributed by atoms with E-state index in [0.717, 1.165) is 4.57 Å². The summed E-state index contributed by atoms with van der Waals surface area (Å²) >= 11 is 0. The summed E-state index contributed by atoms with van der Waals surface area (Å²) in [5, 5.41) is 28.4. The first-order valence-electron chi connectivity index (χ1n) is 7.27. The van der Waals surface area contributed by atoms with Gasteiger partial charge in [-0.1, -0.05) is 18.2 Å². The zero-order valence-corrected chi connectivity index (χ0v) is 13.1. The second-order valence-corrected chi connectivity index (χ2v) is 5.08. The summed E-state index contributed by atoms with van der Waals surface area (Å²) in [7, 11) is 0. The summed E-state index contributed by atoms with van der Waals surface area (Å²) in [6.45, 7) is 0. The number of nitrogens with zero attached hydrogens (tertiary/aromatic N) is 4. The molecule has 130 valence electrons. The molecule has 1 aromatic heterocycles. The van der Waals surface area contributed by atoms with Crippen molar-refractivity contribution in [2.75, 3.05) is 0 Å². The van der Waals surface area contributed by atoms with Gasteiger partial charge >= 0.3 is 5.69 Å². The first kappa shape index (κ1) is 16.8. The van der Waals surface area contributed by atoms with E-state index in [9.17, 15) is 24.8 Å². The maximum absolute atomic E-state index is 12.0. The maximum atomic E-state index is 12.0. The highest BCUT2D eigenvalue weighted by atomic mass is 16.6. The Bertz CT molecular complexity index is 1100. The highest BCUT2D eigenvalue weighted by Gasteiger charge is 2.15. The fraction of sp³-hybridized carbons (Fsp3) is 0. The molecule has 10 heteroatoms. The third kappa shape index (κ3) is 3.24. The van der Waals surface area contributed by atoms with E-state index < -0.39 is 27.7 Å². The lowest BCUT2D eigenvalue weighted by atomic mass is 10.3. The monoisotopic (exact) mass is 353 g/mol. The lowest BCUT2D eigenvalue weighted by Crippen LogP contribution is -2.28. The summed E-state index contributed by atoms with van der Waals surface area (Å²) in [6, 6.07) is 13.3. The van der Waals surface area contributed by atoms with Crippen molar-refractivity contribution in [2.45, 2.75) is 0 Å². The van der Waals surface area contributed by atoms with Crippen LogP contribution >= 0.6 is 0 Å². The molecular formula is C16H11N5O5. The fourth-order valence-electron chi connectivity index (χ4n) is 2.17. The normalized spacial score (nSPS) is 10.9. The molecule has 26 heavy (non-hydrogen) atoms. The average molecular weight is 353 g/mol. The Morgan fingerprint density at radius 1 is 1.00 bits per heavy atom. The van der Waals surface area contributed by atoms with Crippen LogP contribution in [0.15, 0.2) is 74.4 Å². The predicted molar refractivity (Wildman–Crippen MR) is 91.6 cm³/mol. The molecule has 0 saturated heterocycles. The van der Waals surface area contributed by atoms with Crippen molar-refractivity contribution < 1.29 is 10.0 Å². The average Bonchev–Trinajstić information content (AvgIpc) is 2.62. The van der Waals surface area contributed by atoms with Gasteiger partial charge in [0.05, 0.1) is 16.3 Å². The lowest BCUT2D eigenvalue weighted by Gasteiger charge is -2.08. The van der Waals surface area contributed by atoms with Gasteiger partial charge in [-0.25, -0.2) is 9.36 Å². The number of nitro groups is 1. The van der Waals surface area contributed by atoms with Crippen molar-refractivity contribution in [2.24, 2.45) is 10.2 Å². The van der Waals surface area contributed by atoms with E-state index in [-0.39, 0.29) is 11.4 Å². The Kier molecular flexibility index (Phi) is 4.39. The molecule has 0 aliphatic carbocycles. The van der Waals surface area contributed by atoms with Gasteiger partial charge in [-0.15, -0.1) is 5.11 Å². The number of para-hydroxylation sites is 1. The number of nitro benzene ring substituents is 1. The molecule has 0 spiro atoms. The van der Waals surface area contributed by atoms with Crippen LogP contribution in [-0.4, -0.2) is 19.6 Å². The minimum atomic E-state index is -0.912. The lowest BCUT2D eigenvalue weighted by molar-refractivity contribution is -0.384. The quantitative estimate of drug-likeness (QED) is 0.421. The van der Waals surface area contributed by atoms with Crippen LogP contribution in [0.1, 0.15) is 0 Å². The number of benzene rings is 2. The van der Waals surface area contributed by atoms with Crippen molar-refractivity contribution in [1.29, 1.82) is 0 Å². The molecule has 0 amide bonds. The number of rotatable bonds is 4. The molecule has 1 heterocycles. The van der Waals surface area contributed by atoms with Crippen LogP contribution in [0.4, 0.5) is 17.1 Å². The minimum absolute atomic E-state index is 0.123. The molecule has 0 radical (unpaired) electrons. The Morgan fingerprint density at radius 3 is 2.27 bits per heavy atom. The molecule has 0 atom stereocenters. The molecule has 0 unspecified atom stereocenters. The molecule has 0 aliphatic rings. The van der Waals surface area contributed by atoms with Crippen LogP contribution in [0.25, 0.3) is 5.69 Å². The molecule has 10 nitrogen and oxygen atoms in total. The van der Waals surface area contributed by atoms with Crippen LogP contribution in [0.5, 0.6) is 5.88 Å². The highest BCUT2D eigenvalue weighted by molar-refractivity contribution is 5.50. The van der Waals surface area contributed by atoms with Gasteiger partial charge < -0.3 is 5.11 Å². The third-order valence-electron chi connectivity index (χ3n) is 3.40. The van der Waals surface area contributed by atoms with Crippen LogP contribution in [0.2, 0.25) is 0 Å². The van der Waals surface area contributed by atoms with Crippen molar-refractivity contribution in [3.05, 3.63) is 85.5 Å². The molecule has 2 aromatic carbocycles. The van der Waals surface area contributed by atoms with Gasteiger partial charge in [0.25, 0.3) is 11.2 Å². The second kappa shape index (κ2) is 6.81. The second-order valence-electron chi connectivity index (χ2n) is 5.08. The minimum Gasteiger partial charge on any atom is -0.492 e. The van der Waals surface area contributed by atoms with Crippen LogP contribution in [-0.2, 0) is 0 Å². The zero-order chi connectivity index (χ0) is 18.7. The smallest absolute Gasteiger partial charge is 0.335 e. The summed E-state index contributed by atoms with van der Waals surface area (Å²) in [5.41, 5.74) is -1.77. The number of aromatic hydroxyl groups is 1. The largest absolute Gasteiger partial charge is 0.492 e. The SMILES string of the molecule is O=c1[nH]c(=O)n(-c2ccccc2)c(O)c1N=Nc1ccc([N+](=O)[O-])cc1. The van der Waals surface area contributed by atoms with Crippen molar-refractivity contribution in [3.8, 4) is 11.6 Å². The van der Waals surface area contributed by atoms with E-state index in [4.69, 9.17) is 0 Å². The number of aromatic nitrogens is 2. The fourth-order valence-corrected chi connectivity index (χ4v) is 2.17. The molecule has 0 bridgehead atoms. The standard InChI is InChI=1S/C16H11N5O5/c22-14-13(19-18-10-6-8-12(9-7-10)21(25)26)15(23)20(16(24)17-14)11-4-2-1-3-5-11/h1-9,23H,(H,17,22,24). The van der Waals surface area contributed by atoms with Crippen LogP contribution in [0, 0.1) is 10.1 Å². The molecule has 2 N–H and O–H groups in total. The third-order valence-corrected chi connectivity index (χ3v) is 3.40. The first-order valence-corrected chi connectivity index (χ1v) is 7.27. The summed E-state index contributed by atoms with van der Waals surface area (Å²) in [4.78, 5) is 36.1. The molecule has 0 saturated carbocycles. The molecule has 3 aromatic rings. The number of H-pyrrole nitrogens is 1. The number of non-ortho nitro benzene ring substituents is 1. The molecule has 3 rings (SSSR count). The van der Waals surface area contributed by atoms with Crippen molar-refractivity contribution >= 4 is 17.1 Å². The molecule has 0 fully saturated rings. The topological polar surface area (TPSA) is 143 Å². The molecular weight excluding hydrogens is 342 g/mol. The number of aromatic amines is 1. The Balaban J connectivity index is 2.04. The zero-order valence-electron chi connectivity index (χ0n) is 13.1. The van der Waals surface area contributed by atoms with Gasteiger partial charge in [-0.3, -0.25) is 19.9 Å². The Labute approximate surface area is 144 Å². The van der Waals surface area contributed by atoms with Gasteiger partial charge in [0, 0.05) is 12.1 Å². The van der Waals surface area contributed by atoms with Gasteiger partial charge in [0.2, 0.25) is 11.6 Å². The van der Waals surface area contributed by atoms with E-state index >= 15 is 0 Å². The van der Waals surface area contributed by atoms with Gasteiger partial charge in [-0.05, 0) is 24.3 Å². The van der Waals surface area contributed by atoms with E-state index in [1.54, 1.807) is 30.3 Å². The van der Waals surface area contributed by atoms with Crippen LogP contribution in [0.3, 0.4) is 0 Å². The Morgan fingerprint density at radius 2 is 1.65 bits per heavy atom. The Hall–Kier alpha value is -4.08. The van der Waals surface area contributed by atoms with Crippen molar-refractivity contribution in [1.82, 2.24) is 9.55 Å². The van der Waals surface area contributed by atoms with Gasteiger partial charge in [-0.2, -0.15) is 5.11 Å². The highest BCUT2D eigenvalue weighted by Crippen LogP contribution is 2.25. The molecule has 0 aliphatic heterocycles. The van der Waals surface area contributed by atoms with Crippen LogP contribution < -0.4 is 11.2 Å². The first-order chi connectivity index (χ1) is 12.5. The van der Waals surface area contributed by atoms with E-state index in [2.05, 4.69) is 15.2 Å². The van der Waals surface area contributed by atoms with E-state index in [0.29, 0.717) is 5.69 Å². The maximum Gasteiger partial charge on any atom is 0.335 e. The number of azo groups is 1. The summed E-state index contributed by atoms with van der Waals surface area (Å²) in [5.74, 6) is -0.671. The van der Waals surface area contributed by atoms with E-state index in [1.165, 1.54) is 24.3 Å². The number of nitrogens with one attached hydrogen (secondary N) is 1. The number of hydrogen-bond acceptors (Lipinski definition) is 7. The van der Waals surface area contributed by atoms with Gasteiger partial charge in [0.15, 0.2) is 0 Å². The summed E-state index contributed by atoms with van der Waals surface area (Å²) in [6.07, 6.45) is 0. The van der Waals surface area contributed by atoms with Gasteiger partial charge in [0.1, 0.15) is 0 Å². The van der Waals surface area contributed by atoms with E-state index in [1.807, 2.05) is 0 Å². The predicted octanol–water partition coefficient (Wildman–Crippen LogP) is 2.56.